The van der Waals surface area contributed by atoms with Crippen LogP contribution in [0.3, 0.4) is 0 Å². The van der Waals surface area contributed by atoms with Gasteiger partial charge in [0, 0.05) is 13.3 Å². The number of Topliss-reactive ketones (excluding diaryl/α,β-unsaturated/α-hetero) is 1. The zero-order valence-electron chi connectivity index (χ0n) is 19.5. The van der Waals surface area contributed by atoms with Crippen molar-refractivity contribution in [3.63, 3.8) is 0 Å². The summed E-state index contributed by atoms with van der Waals surface area (Å²) in [7, 11) is 0. The number of primary amides is 1. The van der Waals surface area contributed by atoms with Crippen LogP contribution in [-0.2, 0) is 15.0 Å². The van der Waals surface area contributed by atoms with Crippen molar-refractivity contribution in [3.05, 3.63) is 71.8 Å². The third-order valence-corrected chi connectivity index (χ3v) is 7.55. The maximum absolute atomic E-state index is 13.3. The topological polar surface area (TPSA) is 66.4 Å². The molecule has 1 aliphatic carbocycles. The second kappa shape index (κ2) is 10.6. The molecule has 2 unspecified atom stereocenters. The Bertz CT molecular complexity index is 967. The lowest BCUT2D eigenvalue weighted by Gasteiger charge is -2.37. The summed E-state index contributed by atoms with van der Waals surface area (Å²) in [6, 6.07) is 20.4. The molecule has 2 aromatic carbocycles. The van der Waals surface area contributed by atoms with Crippen LogP contribution in [0.25, 0.3) is 0 Å². The van der Waals surface area contributed by atoms with E-state index in [0.29, 0.717) is 19.0 Å². The molecule has 2 aliphatic rings. The number of carbonyl (C=O) groups is 2. The Hall–Kier alpha value is -2.47. The Morgan fingerprint density at radius 2 is 1.61 bits per heavy atom. The first-order valence-electron chi connectivity index (χ1n) is 11.8. The van der Waals surface area contributed by atoms with Gasteiger partial charge in [0.2, 0.25) is 11.7 Å². The van der Waals surface area contributed by atoms with Gasteiger partial charge in [-0.25, -0.2) is 0 Å². The van der Waals surface area contributed by atoms with E-state index in [9.17, 15) is 9.59 Å². The van der Waals surface area contributed by atoms with Crippen molar-refractivity contribution in [1.82, 2.24) is 4.90 Å². The van der Waals surface area contributed by atoms with Crippen molar-refractivity contribution in [2.75, 3.05) is 19.6 Å². The van der Waals surface area contributed by atoms with E-state index < -0.39 is 5.41 Å². The quantitative estimate of drug-likeness (QED) is 0.520. The summed E-state index contributed by atoms with van der Waals surface area (Å²) >= 11 is 0. The van der Waals surface area contributed by atoms with E-state index in [2.05, 4.69) is 16.4 Å². The fourth-order valence-corrected chi connectivity index (χ4v) is 5.86. The third kappa shape index (κ3) is 4.63. The molecule has 0 radical (unpaired) electrons. The molecule has 6 heteroatoms. The van der Waals surface area contributed by atoms with E-state index in [1.165, 1.54) is 5.84 Å². The van der Waals surface area contributed by atoms with Crippen molar-refractivity contribution in [1.29, 1.82) is 0 Å². The molecule has 176 valence electrons. The molecule has 2 atom stereocenters. The molecule has 1 fully saturated rings. The van der Waals surface area contributed by atoms with Crippen molar-refractivity contribution >= 4 is 17.5 Å². The van der Waals surface area contributed by atoms with Crippen LogP contribution in [0, 0.1) is 5.92 Å². The summed E-state index contributed by atoms with van der Waals surface area (Å²) < 4.78 is 2.20. The normalized spacial score (nSPS) is 20.6. The highest BCUT2D eigenvalue weighted by Crippen LogP contribution is 2.48. The van der Waals surface area contributed by atoms with E-state index in [-0.39, 0.29) is 34.6 Å². The summed E-state index contributed by atoms with van der Waals surface area (Å²) in [5.74, 6) is 1.30. The predicted octanol–water partition coefficient (Wildman–Crippen LogP) is 0.356. The van der Waals surface area contributed by atoms with Crippen LogP contribution in [-0.4, -0.2) is 52.7 Å². The molecular weight excluding hydrogens is 478 g/mol. The first kappa shape index (κ1) is 25.2. The average Bonchev–Trinajstić information content (AvgIpc) is 3.43. The van der Waals surface area contributed by atoms with Gasteiger partial charge in [-0.1, -0.05) is 67.6 Å². The van der Waals surface area contributed by atoms with Gasteiger partial charge in [-0.05, 0) is 36.3 Å². The molecule has 0 saturated heterocycles. The van der Waals surface area contributed by atoms with Crippen LogP contribution in [0.4, 0.5) is 0 Å². The second-order valence-electron chi connectivity index (χ2n) is 9.12. The molecule has 1 saturated carbocycles. The van der Waals surface area contributed by atoms with Crippen LogP contribution in [0.15, 0.2) is 60.7 Å². The molecule has 1 amide bonds. The summed E-state index contributed by atoms with van der Waals surface area (Å²) in [5, 5.41) is 0. The summed E-state index contributed by atoms with van der Waals surface area (Å²) in [6.07, 6.45) is 3.44. The predicted molar refractivity (Wildman–Crippen MR) is 127 cm³/mol. The number of hydrogen-bond acceptors (Lipinski definition) is 3. The highest BCUT2D eigenvalue weighted by atomic mass is 79.9. The molecule has 1 heterocycles. The van der Waals surface area contributed by atoms with Crippen molar-refractivity contribution in [2.24, 2.45) is 11.7 Å². The molecule has 0 spiro atoms. The maximum Gasteiger partial charge on any atom is 0.244 e. The van der Waals surface area contributed by atoms with E-state index in [0.717, 1.165) is 43.5 Å². The summed E-state index contributed by atoms with van der Waals surface area (Å²) in [6.45, 7) is 6.36. The molecule has 2 aromatic rings. The third-order valence-electron chi connectivity index (χ3n) is 7.55. The number of hydrogen-bond donors (Lipinski definition) is 1. The molecule has 4 rings (SSSR count). The number of carbonyl (C=O) groups excluding carboxylic acids is 2. The fraction of sp³-hybridized carbons (Fsp3) is 0.444. The Morgan fingerprint density at radius 1 is 1.03 bits per heavy atom. The number of nitrogens with two attached hydrogens (primary N) is 1. The molecule has 0 bridgehead atoms. The van der Waals surface area contributed by atoms with Gasteiger partial charge in [0.25, 0.3) is 0 Å². The first-order chi connectivity index (χ1) is 15.5. The summed E-state index contributed by atoms with van der Waals surface area (Å²) in [5.41, 5.74) is 7.33. The Kier molecular flexibility index (Phi) is 8.11. The SMILES string of the molecule is CCC(=O)C[N+]1=C(C)N(C2CCC(C(C(N)=O)(c3ccccc3)c3ccccc3)C2)CC1.[Br-]. The number of rotatable bonds is 8. The van der Waals surface area contributed by atoms with Crippen molar-refractivity contribution in [2.45, 2.75) is 51.0 Å². The van der Waals surface area contributed by atoms with Crippen molar-refractivity contribution < 1.29 is 31.1 Å². The number of halogens is 1. The van der Waals surface area contributed by atoms with Gasteiger partial charge < -0.3 is 22.7 Å². The van der Waals surface area contributed by atoms with Crippen molar-refractivity contribution in [3.8, 4) is 0 Å². The number of amides is 1. The molecule has 33 heavy (non-hydrogen) atoms. The Morgan fingerprint density at radius 3 is 2.12 bits per heavy atom. The molecular formula is C27H34BrN3O2. The van der Waals surface area contributed by atoms with Gasteiger partial charge in [0.05, 0.1) is 6.04 Å². The van der Waals surface area contributed by atoms with Crippen LogP contribution in [0.5, 0.6) is 0 Å². The van der Waals surface area contributed by atoms with E-state index in [1.807, 2.05) is 67.6 Å². The highest BCUT2D eigenvalue weighted by Gasteiger charge is 2.52. The Labute approximate surface area is 207 Å². The van der Waals surface area contributed by atoms with Crippen LogP contribution < -0.4 is 22.7 Å². The van der Waals surface area contributed by atoms with E-state index >= 15 is 0 Å². The minimum absolute atomic E-state index is 0. The lowest BCUT2D eigenvalue weighted by molar-refractivity contribution is -0.506. The fourth-order valence-electron chi connectivity index (χ4n) is 5.86. The van der Waals surface area contributed by atoms with Gasteiger partial charge >= 0.3 is 0 Å². The second-order valence-corrected chi connectivity index (χ2v) is 9.12. The highest BCUT2D eigenvalue weighted by molar-refractivity contribution is 5.91. The smallest absolute Gasteiger partial charge is 0.244 e. The minimum atomic E-state index is -0.844. The van der Waals surface area contributed by atoms with Gasteiger partial charge in [-0.15, -0.1) is 0 Å². The number of nitrogens with zero attached hydrogens (tertiary/aromatic N) is 2. The van der Waals surface area contributed by atoms with Gasteiger partial charge in [-0.2, -0.15) is 0 Å². The Balaban J connectivity index is 0.00000306. The number of ketones is 1. The largest absolute Gasteiger partial charge is 1.00 e. The standard InChI is InChI=1S/C27H33N3O2.BrH/c1-3-25(31)19-29-16-17-30(20(29)2)24-15-14-23(18-24)27(26(28)32,21-10-6-4-7-11-21)22-12-8-5-9-13-22;/h4-13,23-24H,3,14-19H2,1-2H3,(H-,28,32);1H. The zero-order chi connectivity index (χ0) is 22.7. The molecule has 2 N–H and O–H groups in total. The average molecular weight is 512 g/mol. The van der Waals surface area contributed by atoms with Gasteiger partial charge in [-0.3, -0.25) is 19.1 Å². The molecule has 1 aliphatic heterocycles. The zero-order valence-corrected chi connectivity index (χ0v) is 21.1. The van der Waals surface area contributed by atoms with Crippen LogP contribution >= 0.6 is 0 Å². The molecule has 5 nitrogen and oxygen atoms in total. The van der Waals surface area contributed by atoms with Gasteiger partial charge in [0.15, 0.2) is 5.78 Å². The lowest BCUT2D eigenvalue weighted by Crippen LogP contribution is -3.00. The van der Waals surface area contributed by atoms with Crippen LogP contribution in [0.1, 0.15) is 50.7 Å². The first-order valence-corrected chi connectivity index (χ1v) is 11.8. The van der Waals surface area contributed by atoms with E-state index in [4.69, 9.17) is 5.73 Å². The van der Waals surface area contributed by atoms with Gasteiger partial charge in [0.1, 0.15) is 25.0 Å². The lowest BCUT2D eigenvalue weighted by atomic mass is 9.64. The minimum Gasteiger partial charge on any atom is -1.00 e. The maximum atomic E-state index is 13.3. The van der Waals surface area contributed by atoms with E-state index in [1.54, 1.807) is 0 Å². The summed E-state index contributed by atoms with van der Waals surface area (Å²) in [4.78, 5) is 27.7. The number of benzene rings is 2. The molecule has 0 aromatic heterocycles. The monoisotopic (exact) mass is 511 g/mol. The number of amidine groups is 1. The van der Waals surface area contributed by atoms with Crippen LogP contribution in [0.2, 0.25) is 0 Å².